The molecule has 1 N–H and O–H groups in total. The van der Waals surface area contributed by atoms with Gasteiger partial charge in [0.1, 0.15) is 17.3 Å². The maximum absolute atomic E-state index is 5.63. The van der Waals surface area contributed by atoms with Crippen molar-refractivity contribution in [3.05, 3.63) is 48.7 Å². The first-order valence-electron chi connectivity index (χ1n) is 6.30. The molecular weight excluding hydrogens is 240 g/mol. The summed E-state index contributed by atoms with van der Waals surface area (Å²) >= 11 is 0. The van der Waals surface area contributed by atoms with E-state index in [1.807, 2.05) is 42.5 Å². The minimum absolute atomic E-state index is 0.673. The first-order valence-corrected chi connectivity index (χ1v) is 6.30. The van der Waals surface area contributed by atoms with Crippen LogP contribution in [0, 0.1) is 0 Å². The Hall–Kier alpha value is -2.23. The lowest BCUT2D eigenvalue weighted by Gasteiger charge is -2.08. The Morgan fingerprint density at radius 1 is 1.05 bits per heavy atom. The quantitative estimate of drug-likeness (QED) is 0.775. The maximum atomic E-state index is 5.63. The Balaban J connectivity index is 1.63. The fraction of sp³-hybridized carbons (Fsp3) is 0.267. The summed E-state index contributed by atoms with van der Waals surface area (Å²) in [5.41, 5.74) is 0. The van der Waals surface area contributed by atoms with E-state index in [9.17, 15) is 0 Å². The van der Waals surface area contributed by atoms with Gasteiger partial charge in [0.15, 0.2) is 0 Å². The molecule has 0 atom stereocenters. The number of nitrogens with zero attached hydrogens (tertiary/aromatic N) is 1. The standard InChI is InChI=1S/C15H18N2O2/c1-18-13-6-8-14(9-7-13)19-12-4-11-17-15-5-2-3-10-16-15/h2-3,5-10H,4,11-12H2,1H3,(H,16,17). The highest BCUT2D eigenvalue weighted by Crippen LogP contribution is 2.16. The highest BCUT2D eigenvalue weighted by Gasteiger charge is 1.95. The minimum Gasteiger partial charge on any atom is -0.497 e. The number of hydrogen-bond donors (Lipinski definition) is 1. The van der Waals surface area contributed by atoms with Crippen molar-refractivity contribution in [2.45, 2.75) is 6.42 Å². The van der Waals surface area contributed by atoms with E-state index in [2.05, 4.69) is 10.3 Å². The molecule has 0 amide bonds. The molecule has 1 heterocycles. The first kappa shape index (κ1) is 13.2. The molecule has 0 radical (unpaired) electrons. The van der Waals surface area contributed by atoms with E-state index >= 15 is 0 Å². The third-order valence-electron chi connectivity index (χ3n) is 2.62. The average molecular weight is 258 g/mol. The molecule has 0 bridgehead atoms. The van der Waals surface area contributed by atoms with Crippen molar-refractivity contribution in [2.75, 3.05) is 25.6 Å². The average Bonchev–Trinajstić information content (AvgIpc) is 2.49. The van der Waals surface area contributed by atoms with Crippen LogP contribution in [0.1, 0.15) is 6.42 Å². The van der Waals surface area contributed by atoms with Crippen molar-refractivity contribution in [3.63, 3.8) is 0 Å². The number of pyridine rings is 1. The zero-order chi connectivity index (χ0) is 13.3. The molecule has 1 aromatic heterocycles. The Bertz CT molecular complexity index is 471. The number of benzene rings is 1. The van der Waals surface area contributed by atoms with Gasteiger partial charge in [-0.05, 0) is 42.8 Å². The molecule has 19 heavy (non-hydrogen) atoms. The Morgan fingerprint density at radius 3 is 2.53 bits per heavy atom. The van der Waals surface area contributed by atoms with Crippen molar-refractivity contribution in [1.82, 2.24) is 4.98 Å². The van der Waals surface area contributed by atoms with Crippen molar-refractivity contribution < 1.29 is 9.47 Å². The molecule has 0 fully saturated rings. The summed E-state index contributed by atoms with van der Waals surface area (Å²) in [4.78, 5) is 4.19. The number of methoxy groups -OCH3 is 1. The summed E-state index contributed by atoms with van der Waals surface area (Å²) in [6.07, 6.45) is 2.69. The van der Waals surface area contributed by atoms with Gasteiger partial charge in [-0.3, -0.25) is 0 Å². The second-order valence-electron chi connectivity index (χ2n) is 4.02. The fourth-order valence-electron chi connectivity index (χ4n) is 1.62. The minimum atomic E-state index is 0.673. The van der Waals surface area contributed by atoms with Gasteiger partial charge in [0.2, 0.25) is 0 Å². The molecule has 100 valence electrons. The summed E-state index contributed by atoms with van der Waals surface area (Å²) in [6, 6.07) is 13.4. The zero-order valence-electron chi connectivity index (χ0n) is 11.0. The van der Waals surface area contributed by atoms with Gasteiger partial charge in [0, 0.05) is 12.7 Å². The van der Waals surface area contributed by atoms with Crippen molar-refractivity contribution in [3.8, 4) is 11.5 Å². The highest BCUT2D eigenvalue weighted by atomic mass is 16.5. The Morgan fingerprint density at radius 2 is 1.84 bits per heavy atom. The Kier molecular flexibility index (Phi) is 5.05. The van der Waals surface area contributed by atoms with E-state index in [0.29, 0.717) is 6.61 Å². The predicted octanol–water partition coefficient (Wildman–Crippen LogP) is 2.97. The van der Waals surface area contributed by atoms with Crippen molar-refractivity contribution in [1.29, 1.82) is 0 Å². The summed E-state index contributed by atoms with van der Waals surface area (Å²) in [5.74, 6) is 2.59. The van der Waals surface area contributed by atoms with Crippen LogP contribution in [0.15, 0.2) is 48.7 Å². The number of nitrogens with one attached hydrogen (secondary N) is 1. The van der Waals surface area contributed by atoms with Gasteiger partial charge in [-0.25, -0.2) is 4.98 Å². The molecule has 2 aromatic rings. The van der Waals surface area contributed by atoms with Gasteiger partial charge >= 0.3 is 0 Å². The normalized spacial score (nSPS) is 9.95. The third kappa shape index (κ3) is 4.50. The molecule has 0 saturated heterocycles. The predicted molar refractivity (Wildman–Crippen MR) is 75.8 cm³/mol. The second kappa shape index (κ2) is 7.26. The van der Waals surface area contributed by atoms with Crippen LogP contribution in [0.25, 0.3) is 0 Å². The van der Waals surface area contributed by atoms with Crippen LogP contribution in [0.3, 0.4) is 0 Å². The largest absolute Gasteiger partial charge is 0.497 e. The molecule has 0 unspecified atom stereocenters. The lowest BCUT2D eigenvalue weighted by Crippen LogP contribution is -2.08. The van der Waals surface area contributed by atoms with Gasteiger partial charge in [0.05, 0.1) is 13.7 Å². The van der Waals surface area contributed by atoms with Crippen LogP contribution >= 0.6 is 0 Å². The van der Waals surface area contributed by atoms with E-state index in [0.717, 1.165) is 30.3 Å². The van der Waals surface area contributed by atoms with Crippen molar-refractivity contribution in [2.24, 2.45) is 0 Å². The van der Waals surface area contributed by atoms with Crippen LogP contribution in [0.4, 0.5) is 5.82 Å². The van der Waals surface area contributed by atoms with Crippen LogP contribution in [-0.4, -0.2) is 25.2 Å². The van der Waals surface area contributed by atoms with Gasteiger partial charge in [-0.1, -0.05) is 6.07 Å². The third-order valence-corrected chi connectivity index (χ3v) is 2.62. The molecular formula is C15H18N2O2. The van der Waals surface area contributed by atoms with Gasteiger partial charge < -0.3 is 14.8 Å². The SMILES string of the molecule is COc1ccc(OCCCNc2ccccn2)cc1. The first-order chi connectivity index (χ1) is 9.38. The smallest absolute Gasteiger partial charge is 0.125 e. The Labute approximate surface area is 113 Å². The summed E-state index contributed by atoms with van der Waals surface area (Å²) in [5, 5.41) is 3.24. The summed E-state index contributed by atoms with van der Waals surface area (Å²) < 4.78 is 10.7. The lowest BCUT2D eigenvalue weighted by atomic mass is 10.3. The van der Waals surface area contributed by atoms with E-state index < -0.39 is 0 Å². The molecule has 0 spiro atoms. The van der Waals surface area contributed by atoms with E-state index in [4.69, 9.17) is 9.47 Å². The van der Waals surface area contributed by atoms with Gasteiger partial charge in [-0.15, -0.1) is 0 Å². The van der Waals surface area contributed by atoms with Crippen LogP contribution in [0.2, 0.25) is 0 Å². The van der Waals surface area contributed by atoms with Crippen LogP contribution < -0.4 is 14.8 Å². The molecule has 0 aliphatic carbocycles. The molecule has 4 nitrogen and oxygen atoms in total. The van der Waals surface area contributed by atoms with Crippen molar-refractivity contribution >= 4 is 5.82 Å². The number of hydrogen-bond acceptors (Lipinski definition) is 4. The molecule has 4 heteroatoms. The topological polar surface area (TPSA) is 43.4 Å². The van der Waals surface area contributed by atoms with Crippen LogP contribution in [0.5, 0.6) is 11.5 Å². The summed E-state index contributed by atoms with van der Waals surface area (Å²) in [7, 11) is 1.65. The van der Waals surface area contributed by atoms with E-state index in [1.54, 1.807) is 13.3 Å². The zero-order valence-corrected chi connectivity index (χ0v) is 11.0. The molecule has 0 aliphatic rings. The number of aromatic nitrogens is 1. The van der Waals surface area contributed by atoms with E-state index in [1.165, 1.54) is 0 Å². The monoisotopic (exact) mass is 258 g/mol. The van der Waals surface area contributed by atoms with E-state index in [-0.39, 0.29) is 0 Å². The second-order valence-corrected chi connectivity index (χ2v) is 4.02. The number of rotatable bonds is 7. The molecule has 0 saturated carbocycles. The van der Waals surface area contributed by atoms with Crippen LogP contribution in [-0.2, 0) is 0 Å². The lowest BCUT2D eigenvalue weighted by molar-refractivity contribution is 0.314. The number of ether oxygens (including phenoxy) is 2. The fourth-order valence-corrected chi connectivity index (χ4v) is 1.62. The van der Waals surface area contributed by atoms with Gasteiger partial charge in [-0.2, -0.15) is 0 Å². The summed E-state index contributed by atoms with van der Waals surface area (Å²) in [6.45, 7) is 1.51. The van der Waals surface area contributed by atoms with Gasteiger partial charge in [0.25, 0.3) is 0 Å². The molecule has 0 aliphatic heterocycles. The highest BCUT2D eigenvalue weighted by molar-refractivity contribution is 5.33. The molecule has 1 aromatic carbocycles. The number of anilines is 1. The molecule has 2 rings (SSSR count). The maximum Gasteiger partial charge on any atom is 0.125 e.